The maximum atomic E-state index is 11.3. The van der Waals surface area contributed by atoms with Crippen LogP contribution in [-0.2, 0) is 9.53 Å². The fourth-order valence-corrected chi connectivity index (χ4v) is 2.37. The van der Waals surface area contributed by atoms with E-state index in [1.54, 1.807) is 31.4 Å². The molecular weight excluding hydrogens is 252 g/mol. The lowest BCUT2D eigenvalue weighted by Crippen LogP contribution is -2.17. The van der Waals surface area contributed by atoms with Crippen LogP contribution in [0.4, 0.5) is 5.69 Å². The van der Waals surface area contributed by atoms with Crippen LogP contribution in [0.5, 0.6) is 5.75 Å². The maximum absolute atomic E-state index is 11.3. The molecule has 6 heteroatoms. The van der Waals surface area contributed by atoms with E-state index in [1.807, 2.05) is 0 Å². The third-order valence-electron chi connectivity index (χ3n) is 2.46. The van der Waals surface area contributed by atoms with Crippen molar-refractivity contribution in [3.63, 3.8) is 0 Å². The highest BCUT2D eigenvalue weighted by Gasteiger charge is 2.28. The number of rotatable bonds is 3. The van der Waals surface area contributed by atoms with E-state index < -0.39 is 0 Å². The summed E-state index contributed by atoms with van der Waals surface area (Å²) < 4.78 is 9.91. The van der Waals surface area contributed by atoms with E-state index in [0.717, 1.165) is 11.4 Å². The highest BCUT2D eigenvalue weighted by Crippen LogP contribution is 2.24. The van der Waals surface area contributed by atoms with Gasteiger partial charge >= 0.3 is 5.97 Å². The summed E-state index contributed by atoms with van der Waals surface area (Å²) >= 11 is 1.24. The van der Waals surface area contributed by atoms with Crippen LogP contribution < -0.4 is 10.5 Å². The fraction of sp³-hybridized carbons (Fsp3) is 0.333. The minimum absolute atomic E-state index is 0.215. The molecule has 1 aromatic rings. The molecule has 0 bridgehead atoms. The Bertz CT molecular complexity index is 459. The number of carbonyl (C=O) groups is 1. The van der Waals surface area contributed by atoms with Crippen molar-refractivity contribution in [1.29, 1.82) is 0 Å². The largest absolute Gasteiger partial charge is 0.497 e. The number of esters is 1. The predicted molar refractivity (Wildman–Crippen MR) is 71.2 cm³/mol. The van der Waals surface area contributed by atoms with Gasteiger partial charge in [-0.15, -0.1) is 0 Å². The quantitative estimate of drug-likeness (QED) is 0.512. The molecule has 96 valence electrons. The van der Waals surface area contributed by atoms with Crippen LogP contribution in [0.15, 0.2) is 29.3 Å². The summed E-state index contributed by atoms with van der Waals surface area (Å²) in [7, 11) is 1.61. The second-order valence-electron chi connectivity index (χ2n) is 3.71. The second kappa shape index (κ2) is 5.77. The maximum Gasteiger partial charge on any atom is 0.319 e. The van der Waals surface area contributed by atoms with E-state index >= 15 is 0 Å². The van der Waals surface area contributed by atoms with Crippen molar-refractivity contribution in [1.82, 2.24) is 0 Å². The Labute approximate surface area is 109 Å². The molecule has 18 heavy (non-hydrogen) atoms. The molecule has 1 saturated heterocycles. The Morgan fingerprint density at radius 1 is 1.50 bits per heavy atom. The van der Waals surface area contributed by atoms with Gasteiger partial charge in [0.05, 0.1) is 19.4 Å². The van der Waals surface area contributed by atoms with Gasteiger partial charge in [-0.25, -0.2) is 4.99 Å². The standard InChI is InChI=1S/C12H14N2O3S/c1-16-9-4-2-8(3-5-9)14-12(13)18-10-6-7-17-11(10)15/h2-5,10H,6-7H2,1H3,(H2,13,14). The molecule has 1 fully saturated rings. The number of thioether (sulfide) groups is 1. The normalized spacial score (nSPS) is 19.7. The molecule has 0 aromatic heterocycles. The zero-order valence-electron chi connectivity index (χ0n) is 9.96. The van der Waals surface area contributed by atoms with Crippen LogP contribution in [0.2, 0.25) is 0 Å². The first-order valence-electron chi connectivity index (χ1n) is 5.50. The van der Waals surface area contributed by atoms with Gasteiger partial charge in [-0.1, -0.05) is 11.8 Å². The zero-order valence-corrected chi connectivity index (χ0v) is 10.8. The van der Waals surface area contributed by atoms with Crippen molar-refractivity contribution < 1.29 is 14.3 Å². The van der Waals surface area contributed by atoms with Crippen LogP contribution in [-0.4, -0.2) is 30.1 Å². The Balaban J connectivity index is 2.00. The van der Waals surface area contributed by atoms with Crippen molar-refractivity contribution in [2.75, 3.05) is 13.7 Å². The molecule has 2 N–H and O–H groups in total. The number of aliphatic imine (C=N–C) groups is 1. The number of hydrogen-bond donors (Lipinski definition) is 1. The van der Waals surface area contributed by atoms with Gasteiger partial charge in [-0.3, -0.25) is 4.79 Å². The van der Waals surface area contributed by atoms with Crippen LogP contribution >= 0.6 is 11.8 Å². The van der Waals surface area contributed by atoms with Crippen molar-refractivity contribution in [3.05, 3.63) is 24.3 Å². The number of hydrogen-bond acceptors (Lipinski definition) is 5. The molecule has 1 heterocycles. The van der Waals surface area contributed by atoms with E-state index in [-0.39, 0.29) is 11.2 Å². The van der Waals surface area contributed by atoms with E-state index in [2.05, 4.69) is 4.99 Å². The first-order valence-corrected chi connectivity index (χ1v) is 6.38. The molecule has 0 aliphatic carbocycles. The summed E-state index contributed by atoms with van der Waals surface area (Å²) in [6.45, 7) is 0.465. The molecule has 5 nitrogen and oxygen atoms in total. The molecule has 0 spiro atoms. The number of benzene rings is 1. The summed E-state index contributed by atoms with van der Waals surface area (Å²) in [6, 6.07) is 7.22. The summed E-state index contributed by atoms with van der Waals surface area (Å²) in [5, 5.41) is 0.135. The zero-order chi connectivity index (χ0) is 13.0. The minimum atomic E-state index is -0.230. The third kappa shape index (κ3) is 3.16. The van der Waals surface area contributed by atoms with Gasteiger partial charge in [0.25, 0.3) is 0 Å². The monoisotopic (exact) mass is 266 g/mol. The van der Waals surface area contributed by atoms with E-state index in [0.29, 0.717) is 18.2 Å². The van der Waals surface area contributed by atoms with E-state index in [1.165, 1.54) is 11.8 Å². The van der Waals surface area contributed by atoms with E-state index in [4.69, 9.17) is 15.2 Å². The lowest BCUT2D eigenvalue weighted by Gasteiger charge is -2.04. The molecule has 0 radical (unpaired) electrons. The number of nitrogens with zero attached hydrogens (tertiary/aromatic N) is 1. The lowest BCUT2D eigenvalue weighted by atomic mass is 10.3. The van der Waals surface area contributed by atoms with Crippen molar-refractivity contribution in [3.8, 4) is 5.75 Å². The Morgan fingerprint density at radius 3 is 2.78 bits per heavy atom. The number of cyclic esters (lactones) is 1. The SMILES string of the molecule is COc1ccc(N=C(N)SC2CCOC2=O)cc1. The number of amidine groups is 1. The fourth-order valence-electron chi connectivity index (χ4n) is 1.54. The van der Waals surface area contributed by atoms with Gasteiger partial charge in [-0.05, 0) is 24.3 Å². The van der Waals surface area contributed by atoms with E-state index in [9.17, 15) is 4.79 Å². The molecular formula is C12H14N2O3S. The lowest BCUT2D eigenvalue weighted by molar-refractivity contribution is -0.137. The second-order valence-corrected chi connectivity index (χ2v) is 4.93. The molecule has 1 aliphatic heterocycles. The Morgan fingerprint density at radius 2 is 2.22 bits per heavy atom. The smallest absolute Gasteiger partial charge is 0.319 e. The van der Waals surface area contributed by atoms with Gasteiger partial charge in [0, 0.05) is 6.42 Å². The molecule has 1 unspecified atom stereocenters. The van der Waals surface area contributed by atoms with Crippen molar-refractivity contribution >= 4 is 28.6 Å². The first-order chi connectivity index (χ1) is 8.69. The highest BCUT2D eigenvalue weighted by atomic mass is 32.2. The summed E-state index contributed by atoms with van der Waals surface area (Å²) in [5.74, 6) is 0.549. The molecule has 1 atom stereocenters. The summed E-state index contributed by atoms with van der Waals surface area (Å²) in [6.07, 6.45) is 0.683. The Kier molecular flexibility index (Phi) is 4.09. The summed E-state index contributed by atoms with van der Waals surface area (Å²) in [5.41, 5.74) is 6.52. The number of methoxy groups -OCH3 is 1. The third-order valence-corrected chi connectivity index (χ3v) is 3.51. The average Bonchev–Trinajstić information content (AvgIpc) is 2.76. The number of ether oxygens (including phenoxy) is 2. The number of nitrogens with two attached hydrogens (primary N) is 1. The van der Waals surface area contributed by atoms with Crippen LogP contribution in [0.1, 0.15) is 6.42 Å². The van der Waals surface area contributed by atoms with Gasteiger partial charge in [-0.2, -0.15) is 0 Å². The molecule has 1 aromatic carbocycles. The van der Waals surface area contributed by atoms with Crippen LogP contribution in [0.3, 0.4) is 0 Å². The van der Waals surface area contributed by atoms with Crippen LogP contribution in [0.25, 0.3) is 0 Å². The van der Waals surface area contributed by atoms with Crippen molar-refractivity contribution in [2.24, 2.45) is 10.7 Å². The van der Waals surface area contributed by atoms with Gasteiger partial charge in [0.1, 0.15) is 11.0 Å². The number of carbonyl (C=O) groups excluding carboxylic acids is 1. The topological polar surface area (TPSA) is 73.9 Å². The van der Waals surface area contributed by atoms with Crippen LogP contribution in [0, 0.1) is 0 Å². The average molecular weight is 266 g/mol. The first kappa shape index (κ1) is 12.8. The Hall–Kier alpha value is -1.69. The minimum Gasteiger partial charge on any atom is -0.497 e. The molecule has 1 aliphatic rings. The molecule has 2 rings (SSSR count). The van der Waals surface area contributed by atoms with Gasteiger partial charge in [0.15, 0.2) is 5.17 Å². The molecule has 0 amide bonds. The predicted octanol–water partition coefficient (Wildman–Crippen LogP) is 1.69. The highest BCUT2D eigenvalue weighted by molar-refractivity contribution is 8.14. The van der Waals surface area contributed by atoms with Crippen molar-refractivity contribution in [2.45, 2.75) is 11.7 Å². The molecule has 0 saturated carbocycles. The summed E-state index contributed by atoms with van der Waals surface area (Å²) in [4.78, 5) is 15.5. The van der Waals surface area contributed by atoms with Gasteiger partial charge < -0.3 is 15.2 Å². The van der Waals surface area contributed by atoms with Gasteiger partial charge in [0.2, 0.25) is 0 Å².